The van der Waals surface area contributed by atoms with Gasteiger partial charge >= 0.3 is 5.97 Å². The van der Waals surface area contributed by atoms with Crippen molar-refractivity contribution in [1.29, 1.82) is 0 Å². The number of carbonyl (C=O) groups excluding carboxylic acids is 4. The number of anilines is 2. The molecule has 1 saturated heterocycles. The zero-order valence-corrected chi connectivity index (χ0v) is 18.0. The van der Waals surface area contributed by atoms with Crippen molar-refractivity contribution in [3.63, 3.8) is 0 Å². The van der Waals surface area contributed by atoms with Crippen molar-refractivity contribution in [2.45, 2.75) is 26.7 Å². The number of hydrogen-bond donors (Lipinski definition) is 1. The Morgan fingerprint density at radius 3 is 2.19 bits per heavy atom. The zero-order chi connectivity index (χ0) is 22.8. The second kappa shape index (κ2) is 8.78. The Morgan fingerprint density at radius 2 is 1.56 bits per heavy atom. The van der Waals surface area contributed by atoms with Crippen LogP contribution in [0.3, 0.4) is 0 Å². The molecule has 2 aromatic rings. The SMILES string of the molecule is Cc1cccc(C)c1NC(=O)COC(=O)c1cccc(N2C(=O)[C@@H]3CC=CC[C@H]3C2=O)c1. The average molecular weight is 432 g/mol. The predicted octanol–water partition coefficient (Wildman–Crippen LogP) is 3.55. The molecule has 2 aromatic carbocycles. The van der Waals surface area contributed by atoms with E-state index in [-0.39, 0.29) is 29.2 Å². The summed E-state index contributed by atoms with van der Waals surface area (Å²) in [4.78, 5) is 51.5. The van der Waals surface area contributed by atoms with Gasteiger partial charge in [0.05, 0.1) is 23.1 Å². The van der Waals surface area contributed by atoms with Crippen molar-refractivity contribution >= 4 is 35.1 Å². The van der Waals surface area contributed by atoms with Gasteiger partial charge in [0.25, 0.3) is 5.91 Å². The second-order valence-electron chi connectivity index (χ2n) is 8.11. The molecular formula is C25H24N2O5. The first-order chi connectivity index (χ1) is 15.4. The molecule has 7 heteroatoms. The number of rotatable bonds is 5. The normalized spacial score (nSPS) is 19.6. The van der Waals surface area contributed by atoms with Gasteiger partial charge in [-0.3, -0.25) is 19.3 Å². The molecule has 32 heavy (non-hydrogen) atoms. The van der Waals surface area contributed by atoms with E-state index in [1.54, 1.807) is 12.1 Å². The summed E-state index contributed by atoms with van der Waals surface area (Å²) in [5, 5.41) is 2.76. The van der Waals surface area contributed by atoms with E-state index in [9.17, 15) is 19.2 Å². The van der Waals surface area contributed by atoms with Crippen LogP contribution in [0.25, 0.3) is 0 Å². The van der Waals surface area contributed by atoms with Crippen molar-refractivity contribution in [3.8, 4) is 0 Å². The Morgan fingerprint density at radius 1 is 0.969 bits per heavy atom. The fraction of sp³-hybridized carbons (Fsp3) is 0.280. The molecular weight excluding hydrogens is 408 g/mol. The Kier molecular flexibility index (Phi) is 5.90. The third kappa shape index (κ3) is 4.06. The summed E-state index contributed by atoms with van der Waals surface area (Å²) >= 11 is 0. The lowest BCUT2D eigenvalue weighted by atomic mass is 9.85. The molecule has 0 aromatic heterocycles. The van der Waals surface area contributed by atoms with Crippen molar-refractivity contribution in [2.75, 3.05) is 16.8 Å². The lowest BCUT2D eigenvalue weighted by Crippen LogP contribution is -2.31. The minimum Gasteiger partial charge on any atom is -0.452 e. The largest absolute Gasteiger partial charge is 0.452 e. The molecule has 0 radical (unpaired) electrons. The molecule has 1 fully saturated rings. The molecule has 4 rings (SSSR count). The third-order valence-electron chi connectivity index (χ3n) is 5.93. The molecule has 0 unspecified atom stereocenters. The van der Waals surface area contributed by atoms with Gasteiger partial charge in [0, 0.05) is 5.69 Å². The Hall–Kier alpha value is -3.74. The topological polar surface area (TPSA) is 92.8 Å². The van der Waals surface area contributed by atoms with Gasteiger partial charge in [-0.15, -0.1) is 0 Å². The van der Waals surface area contributed by atoms with Gasteiger partial charge < -0.3 is 10.1 Å². The fourth-order valence-corrected chi connectivity index (χ4v) is 4.23. The number of esters is 1. The van der Waals surface area contributed by atoms with Gasteiger partial charge in [-0.1, -0.05) is 36.4 Å². The summed E-state index contributed by atoms with van der Waals surface area (Å²) in [5.41, 5.74) is 3.01. The maximum Gasteiger partial charge on any atom is 0.338 e. The molecule has 7 nitrogen and oxygen atoms in total. The number of aryl methyl sites for hydroxylation is 2. The molecule has 2 atom stereocenters. The number of hydrogen-bond acceptors (Lipinski definition) is 5. The number of allylic oxidation sites excluding steroid dienone is 2. The van der Waals surface area contributed by atoms with E-state index < -0.39 is 18.5 Å². The number of ether oxygens (including phenoxy) is 1. The lowest BCUT2D eigenvalue weighted by molar-refractivity contribution is -0.122. The predicted molar refractivity (Wildman–Crippen MR) is 119 cm³/mol. The van der Waals surface area contributed by atoms with E-state index in [0.29, 0.717) is 24.2 Å². The zero-order valence-electron chi connectivity index (χ0n) is 18.0. The number of nitrogens with one attached hydrogen (secondary N) is 1. The summed E-state index contributed by atoms with van der Waals surface area (Å²) in [6.45, 7) is 3.31. The third-order valence-corrected chi connectivity index (χ3v) is 5.93. The highest BCUT2D eigenvalue weighted by Gasteiger charge is 2.47. The molecule has 3 amide bonds. The van der Waals surface area contributed by atoms with Crippen molar-refractivity contribution in [3.05, 3.63) is 71.3 Å². The maximum atomic E-state index is 12.8. The first-order valence-corrected chi connectivity index (χ1v) is 10.5. The summed E-state index contributed by atoms with van der Waals surface area (Å²) < 4.78 is 5.16. The quantitative estimate of drug-likeness (QED) is 0.443. The minimum atomic E-state index is -0.707. The summed E-state index contributed by atoms with van der Waals surface area (Å²) in [7, 11) is 0. The molecule has 0 spiro atoms. The van der Waals surface area contributed by atoms with Crippen LogP contribution < -0.4 is 10.2 Å². The van der Waals surface area contributed by atoms with E-state index in [4.69, 9.17) is 4.74 Å². The molecule has 0 bridgehead atoms. The average Bonchev–Trinajstić information content (AvgIpc) is 3.05. The van der Waals surface area contributed by atoms with E-state index in [1.807, 2.05) is 44.2 Å². The van der Waals surface area contributed by atoms with Gasteiger partial charge in [0.15, 0.2) is 6.61 Å². The molecule has 1 aliphatic heterocycles. The first-order valence-electron chi connectivity index (χ1n) is 10.5. The lowest BCUT2D eigenvalue weighted by Gasteiger charge is -2.16. The van der Waals surface area contributed by atoms with Crippen molar-refractivity contribution in [2.24, 2.45) is 11.8 Å². The Bertz CT molecular complexity index is 1090. The van der Waals surface area contributed by atoms with Crippen molar-refractivity contribution in [1.82, 2.24) is 0 Å². The van der Waals surface area contributed by atoms with Crippen LogP contribution in [0.4, 0.5) is 11.4 Å². The number of fused-ring (bicyclic) bond motifs is 1. The van der Waals surface area contributed by atoms with Crippen LogP contribution in [0.15, 0.2) is 54.6 Å². The molecule has 1 N–H and O–H groups in total. The van der Waals surface area contributed by atoms with Gasteiger partial charge in [0.2, 0.25) is 11.8 Å². The van der Waals surface area contributed by atoms with Gasteiger partial charge in [-0.25, -0.2) is 4.79 Å². The number of imide groups is 1. The number of carbonyl (C=O) groups is 4. The van der Waals surface area contributed by atoms with Crippen LogP contribution >= 0.6 is 0 Å². The van der Waals surface area contributed by atoms with Crippen molar-refractivity contribution < 1.29 is 23.9 Å². The van der Waals surface area contributed by atoms with Gasteiger partial charge in [0.1, 0.15) is 0 Å². The molecule has 164 valence electrons. The minimum absolute atomic E-state index is 0.163. The maximum absolute atomic E-state index is 12.8. The smallest absolute Gasteiger partial charge is 0.338 e. The highest BCUT2D eigenvalue weighted by Crippen LogP contribution is 2.37. The Labute approximate surface area is 186 Å². The van der Waals surface area contributed by atoms with Crippen LogP contribution in [-0.2, 0) is 19.1 Å². The number of nitrogens with zero attached hydrogens (tertiary/aromatic N) is 1. The van der Waals surface area contributed by atoms with Crippen LogP contribution in [0, 0.1) is 25.7 Å². The van der Waals surface area contributed by atoms with Crippen LogP contribution in [-0.4, -0.2) is 30.3 Å². The van der Waals surface area contributed by atoms with E-state index >= 15 is 0 Å². The Balaban J connectivity index is 1.42. The summed E-state index contributed by atoms with van der Waals surface area (Å²) in [5.74, 6) is -2.35. The van der Waals surface area contributed by atoms with E-state index in [0.717, 1.165) is 16.0 Å². The first kappa shape index (κ1) is 21.5. The highest BCUT2D eigenvalue weighted by molar-refractivity contribution is 6.22. The summed E-state index contributed by atoms with van der Waals surface area (Å²) in [6.07, 6.45) is 4.94. The summed E-state index contributed by atoms with van der Waals surface area (Å²) in [6, 6.07) is 11.8. The standard InChI is InChI=1S/C25H24N2O5/c1-15-7-5-8-16(2)22(15)26-21(28)14-32-25(31)17-9-6-10-18(13-17)27-23(29)19-11-3-4-12-20(19)24(27)30/h3-10,13,19-20H,11-12,14H2,1-2H3,(H,26,28)/t19-,20-/m1/s1. The van der Waals surface area contributed by atoms with Gasteiger partial charge in [-0.05, 0) is 56.0 Å². The van der Waals surface area contributed by atoms with E-state index in [2.05, 4.69) is 5.32 Å². The number of para-hydroxylation sites is 1. The van der Waals surface area contributed by atoms with Gasteiger partial charge in [-0.2, -0.15) is 0 Å². The van der Waals surface area contributed by atoms with Crippen LogP contribution in [0.1, 0.15) is 34.3 Å². The number of amides is 3. The second-order valence-corrected chi connectivity index (χ2v) is 8.11. The molecule has 1 heterocycles. The molecule has 2 aliphatic rings. The molecule has 0 saturated carbocycles. The monoisotopic (exact) mass is 432 g/mol. The van der Waals surface area contributed by atoms with Crippen LogP contribution in [0.2, 0.25) is 0 Å². The van der Waals surface area contributed by atoms with Crippen LogP contribution in [0.5, 0.6) is 0 Å². The highest BCUT2D eigenvalue weighted by atomic mass is 16.5. The fourth-order valence-electron chi connectivity index (χ4n) is 4.23. The number of benzene rings is 2. The molecule has 1 aliphatic carbocycles. The van der Waals surface area contributed by atoms with E-state index in [1.165, 1.54) is 12.1 Å².